The maximum atomic E-state index is 12.1. The standard InChI is InChI=1S/C15H28N2O2/c1-4-17(13-7-8-13)11-9-12-6-5-10-15(12,16-2)14(18)19-3/h12-13,16H,4-11H2,1-3H3. The second kappa shape index (κ2) is 6.23. The summed E-state index contributed by atoms with van der Waals surface area (Å²) in [6.45, 7) is 4.48. The second-order valence-electron chi connectivity index (χ2n) is 5.95. The first-order valence-electron chi connectivity index (χ1n) is 7.69. The van der Waals surface area contributed by atoms with Crippen LogP contribution in [0.5, 0.6) is 0 Å². The third kappa shape index (κ3) is 2.95. The van der Waals surface area contributed by atoms with Crippen LogP contribution in [-0.2, 0) is 9.53 Å². The van der Waals surface area contributed by atoms with Crippen molar-refractivity contribution in [2.75, 3.05) is 27.2 Å². The average Bonchev–Trinajstić information content (AvgIpc) is 3.19. The van der Waals surface area contributed by atoms with Gasteiger partial charge in [0.05, 0.1) is 7.11 Å². The lowest BCUT2D eigenvalue weighted by Gasteiger charge is -2.33. The molecule has 4 heteroatoms. The molecule has 0 bridgehead atoms. The summed E-state index contributed by atoms with van der Waals surface area (Å²) in [5.74, 6) is 0.338. The van der Waals surface area contributed by atoms with E-state index in [0.717, 1.165) is 44.8 Å². The van der Waals surface area contributed by atoms with Crippen molar-refractivity contribution in [2.24, 2.45) is 5.92 Å². The predicted octanol–water partition coefficient (Wildman–Crippen LogP) is 1.79. The van der Waals surface area contributed by atoms with Crippen molar-refractivity contribution in [3.8, 4) is 0 Å². The Morgan fingerprint density at radius 2 is 2.16 bits per heavy atom. The van der Waals surface area contributed by atoms with Gasteiger partial charge in [-0.1, -0.05) is 13.3 Å². The highest BCUT2D eigenvalue weighted by atomic mass is 16.5. The van der Waals surface area contributed by atoms with Gasteiger partial charge < -0.3 is 15.0 Å². The van der Waals surface area contributed by atoms with Crippen molar-refractivity contribution in [3.05, 3.63) is 0 Å². The van der Waals surface area contributed by atoms with E-state index in [4.69, 9.17) is 4.74 Å². The lowest BCUT2D eigenvalue weighted by Crippen LogP contribution is -2.54. The molecule has 4 nitrogen and oxygen atoms in total. The molecule has 2 unspecified atom stereocenters. The van der Waals surface area contributed by atoms with E-state index in [1.807, 2.05) is 7.05 Å². The van der Waals surface area contributed by atoms with Crippen molar-refractivity contribution in [3.63, 3.8) is 0 Å². The summed E-state index contributed by atoms with van der Waals surface area (Å²) < 4.78 is 5.04. The number of methoxy groups -OCH3 is 1. The molecule has 2 rings (SSSR count). The maximum absolute atomic E-state index is 12.1. The molecule has 1 N–H and O–H groups in total. The molecule has 0 aliphatic heterocycles. The van der Waals surface area contributed by atoms with Gasteiger partial charge in [0, 0.05) is 6.04 Å². The fourth-order valence-corrected chi connectivity index (χ4v) is 3.71. The van der Waals surface area contributed by atoms with Crippen molar-refractivity contribution < 1.29 is 9.53 Å². The van der Waals surface area contributed by atoms with Gasteiger partial charge in [-0.15, -0.1) is 0 Å². The molecular formula is C15H28N2O2. The zero-order chi connectivity index (χ0) is 13.9. The third-order valence-electron chi connectivity index (χ3n) is 5.05. The molecule has 19 heavy (non-hydrogen) atoms. The van der Waals surface area contributed by atoms with Gasteiger partial charge in [0.15, 0.2) is 0 Å². The Morgan fingerprint density at radius 1 is 1.42 bits per heavy atom. The molecule has 110 valence electrons. The number of nitrogens with one attached hydrogen (secondary N) is 1. The second-order valence-corrected chi connectivity index (χ2v) is 5.95. The first-order valence-corrected chi connectivity index (χ1v) is 7.69. The number of esters is 1. The molecule has 2 atom stereocenters. The lowest BCUT2D eigenvalue weighted by molar-refractivity contribution is -0.150. The van der Waals surface area contributed by atoms with Crippen LogP contribution in [0.15, 0.2) is 0 Å². The van der Waals surface area contributed by atoms with Crippen molar-refractivity contribution >= 4 is 5.97 Å². The molecule has 0 heterocycles. The van der Waals surface area contributed by atoms with Crippen LogP contribution in [-0.4, -0.2) is 49.7 Å². The van der Waals surface area contributed by atoms with Crippen LogP contribution in [0.3, 0.4) is 0 Å². The monoisotopic (exact) mass is 268 g/mol. The number of likely N-dealkylation sites (N-methyl/N-ethyl adjacent to an activating group) is 1. The van der Waals surface area contributed by atoms with E-state index in [1.165, 1.54) is 20.0 Å². The van der Waals surface area contributed by atoms with Gasteiger partial charge in [-0.2, -0.15) is 0 Å². The highest BCUT2D eigenvalue weighted by Gasteiger charge is 2.48. The topological polar surface area (TPSA) is 41.6 Å². The van der Waals surface area contributed by atoms with Gasteiger partial charge in [-0.3, -0.25) is 4.79 Å². The molecule has 2 saturated carbocycles. The summed E-state index contributed by atoms with van der Waals surface area (Å²) in [7, 11) is 3.40. The first-order chi connectivity index (χ1) is 9.17. The SMILES string of the molecule is CCN(CCC1CCCC1(NC)C(=O)OC)C1CC1. The van der Waals surface area contributed by atoms with Gasteiger partial charge in [0.1, 0.15) is 5.54 Å². The summed E-state index contributed by atoms with van der Waals surface area (Å²) >= 11 is 0. The Labute approximate surface area is 116 Å². The predicted molar refractivity (Wildman–Crippen MR) is 76.0 cm³/mol. The van der Waals surface area contributed by atoms with Gasteiger partial charge in [0.25, 0.3) is 0 Å². The van der Waals surface area contributed by atoms with E-state index in [0.29, 0.717) is 5.92 Å². The summed E-state index contributed by atoms with van der Waals surface area (Å²) in [5, 5.41) is 3.27. The maximum Gasteiger partial charge on any atom is 0.326 e. The quantitative estimate of drug-likeness (QED) is 0.715. The smallest absolute Gasteiger partial charge is 0.326 e. The number of hydrogen-bond donors (Lipinski definition) is 1. The Balaban J connectivity index is 1.95. The Bertz CT molecular complexity index is 317. The molecule has 0 radical (unpaired) electrons. The molecule has 2 aliphatic rings. The molecule has 0 aromatic rings. The van der Waals surface area contributed by atoms with Crippen molar-refractivity contribution in [2.45, 2.75) is 57.0 Å². The summed E-state index contributed by atoms with van der Waals surface area (Å²) in [6, 6.07) is 0.813. The molecule has 0 spiro atoms. The number of nitrogens with zero attached hydrogens (tertiary/aromatic N) is 1. The van der Waals surface area contributed by atoms with E-state index < -0.39 is 5.54 Å². The van der Waals surface area contributed by atoms with Gasteiger partial charge in [-0.25, -0.2) is 0 Å². The zero-order valence-corrected chi connectivity index (χ0v) is 12.6. The summed E-state index contributed by atoms with van der Waals surface area (Å²) in [4.78, 5) is 14.7. The van der Waals surface area contributed by atoms with E-state index >= 15 is 0 Å². The number of ether oxygens (including phenoxy) is 1. The lowest BCUT2D eigenvalue weighted by atomic mass is 9.84. The minimum absolute atomic E-state index is 0.0769. The van der Waals surface area contributed by atoms with Crippen LogP contribution >= 0.6 is 0 Å². The van der Waals surface area contributed by atoms with Crippen LogP contribution in [0.4, 0.5) is 0 Å². The molecule has 2 aliphatic carbocycles. The zero-order valence-electron chi connectivity index (χ0n) is 12.6. The number of carbonyl (C=O) groups excluding carboxylic acids is 1. The largest absolute Gasteiger partial charge is 0.468 e. The van der Waals surface area contributed by atoms with Crippen molar-refractivity contribution in [1.82, 2.24) is 10.2 Å². The minimum Gasteiger partial charge on any atom is -0.468 e. The first kappa shape index (κ1) is 14.8. The Hall–Kier alpha value is -0.610. The number of carbonyl (C=O) groups is 1. The van der Waals surface area contributed by atoms with Gasteiger partial charge in [-0.05, 0) is 58.2 Å². The Kier molecular flexibility index (Phi) is 4.85. The van der Waals surface area contributed by atoms with E-state index in [-0.39, 0.29) is 5.97 Å². The Morgan fingerprint density at radius 3 is 2.68 bits per heavy atom. The summed E-state index contributed by atoms with van der Waals surface area (Å²) in [5.41, 5.74) is -0.433. The van der Waals surface area contributed by atoms with Crippen LogP contribution in [0.25, 0.3) is 0 Å². The molecule has 2 fully saturated rings. The number of rotatable bonds is 7. The van der Waals surface area contributed by atoms with Crippen LogP contribution < -0.4 is 5.32 Å². The van der Waals surface area contributed by atoms with Crippen LogP contribution in [0.2, 0.25) is 0 Å². The van der Waals surface area contributed by atoms with Crippen molar-refractivity contribution in [1.29, 1.82) is 0 Å². The van der Waals surface area contributed by atoms with E-state index in [9.17, 15) is 4.79 Å². The molecule has 0 aromatic carbocycles. The van der Waals surface area contributed by atoms with Crippen LogP contribution in [0.1, 0.15) is 45.4 Å². The van der Waals surface area contributed by atoms with Gasteiger partial charge in [0.2, 0.25) is 0 Å². The van der Waals surface area contributed by atoms with Crippen LogP contribution in [0, 0.1) is 5.92 Å². The highest BCUT2D eigenvalue weighted by molar-refractivity contribution is 5.81. The molecule has 0 saturated heterocycles. The molecular weight excluding hydrogens is 240 g/mol. The minimum atomic E-state index is -0.433. The third-order valence-corrected chi connectivity index (χ3v) is 5.05. The fourth-order valence-electron chi connectivity index (χ4n) is 3.71. The number of hydrogen-bond acceptors (Lipinski definition) is 4. The highest BCUT2D eigenvalue weighted by Crippen LogP contribution is 2.39. The average molecular weight is 268 g/mol. The van der Waals surface area contributed by atoms with E-state index in [2.05, 4.69) is 17.1 Å². The molecule has 0 aromatic heterocycles. The normalized spacial score (nSPS) is 30.8. The van der Waals surface area contributed by atoms with E-state index in [1.54, 1.807) is 0 Å². The summed E-state index contributed by atoms with van der Waals surface area (Å²) in [6.07, 6.45) is 6.98. The fraction of sp³-hybridized carbons (Fsp3) is 0.933. The molecule has 0 amide bonds. The van der Waals surface area contributed by atoms with Gasteiger partial charge >= 0.3 is 5.97 Å².